The Morgan fingerprint density at radius 2 is 2.11 bits per heavy atom. The van der Waals surface area contributed by atoms with Crippen molar-refractivity contribution in [2.75, 3.05) is 30.8 Å². The van der Waals surface area contributed by atoms with Crippen LogP contribution < -0.4 is 10.6 Å². The van der Waals surface area contributed by atoms with Crippen LogP contribution in [0.25, 0.3) is 0 Å². The van der Waals surface area contributed by atoms with Crippen LogP contribution in [0.15, 0.2) is 18.2 Å². The maximum atomic E-state index is 12.0. The van der Waals surface area contributed by atoms with Crippen molar-refractivity contribution in [3.8, 4) is 0 Å². The second-order valence-corrected chi connectivity index (χ2v) is 4.86. The van der Waals surface area contributed by atoms with Crippen LogP contribution >= 0.6 is 0 Å². The molecule has 0 radical (unpaired) electrons. The van der Waals surface area contributed by atoms with E-state index in [2.05, 4.69) is 13.8 Å². The Morgan fingerprint density at radius 3 is 2.68 bits per heavy atom. The highest BCUT2D eigenvalue weighted by Crippen LogP contribution is 2.28. The fourth-order valence-electron chi connectivity index (χ4n) is 2.05. The number of hydrogen-bond donors (Lipinski definition) is 1. The van der Waals surface area contributed by atoms with E-state index in [0.717, 1.165) is 18.7 Å². The van der Waals surface area contributed by atoms with Crippen molar-refractivity contribution in [2.45, 2.75) is 27.2 Å². The van der Waals surface area contributed by atoms with Gasteiger partial charge in [0.1, 0.15) is 0 Å². The van der Waals surface area contributed by atoms with Crippen LogP contribution in [0.4, 0.5) is 11.4 Å². The number of anilines is 2. The van der Waals surface area contributed by atoms with E-state index in [-0.39, 0.29) is 5.97 Å². The summed E-state index contributed by atoms with van der Waals surface area (Å²) in [6.45, 7) is 7.35. The monoisotopic (exact) mass is 264 g/mol. The fraction of sp³-hybridized carbons (Fsp3) is 0.533. The zero-order valence-corrected chi connectivity index (χ0v) is 12.3. The largest absolute Gasteiger partial charge is 0.462 e. The molecule has 19 heavy (non-hydrogen) atoms. The van der Waals surface area contributed by atoms with Gasteiger partial charge in [0.2, 0.25) is 0 Å². The molecule has 1 aromatic carbocycles. The topological polar surface area (TPSA) is 55.6 Å². The Kier molecular flexibility index (Phi) is 5.67. The van der Waals surface area contributed by atoms with Gasteiger partial charge in [0.15, 0.2) is 0 Å². The first kappa shape index (κ1) is 15.3. The number of rotatable bonds is 6. The van der Waals surface area contributed by atoms with Gasteiger partial charge in [0.05, 0.1) is 23.5 Å². The summed E-state index contributed by atoms with van der Waals surface area (Å²) in [4.78, 5) is 14.0. The molecule has 4 nitrogen and oxygen atoms in total. The number of carbonyl (C=O) groups excluding carboxylic acids is 1. The lowest BCUT2D eigenvalue weighted by Crippen LogP contribution is -2.26. The normalized spacial score (nSPS) is 12.0. The number of ether oxygens (including phenoxy) is 1. The van der Waals surface area contributed by atoms with Crippen molar-refractivity contribution < 1.29 is 9.53 Å². The summed E-state index contributed by atoms with van der Waals surface area (Å²) in [7, 11) is 1.96. The first-order valence-corrected chi connectivity index (χ1v) is 6.77. The standard InChI is InChI=1S/C15H24N2O2/c1-5-11(3)10-17(4)14-12(15(18)19-6-2)8-7-9-13(14)16/h7-9,11H,5-6,10,16H2,1-4H3. The molecule has 0 saturated heterocycles. The molecule has 1 aromatic rings. The molecule has 0 amide bonds. The molecular formula is C15H24N2O2. The first-order chi connectivity index (χ1) is 9.01. The number of nitrogen functional groups attached to an aromatic ring is 1. The van der Waals surface area contributed by atoms with Gasteiger partial charge in [0, 0.05) is 13.6 Å². The van der Waals surface area contributed by atoms with Gasteiger partial charge in [-0.25, -0.2) is 4.79 Å². The van der Waals surface area contributed by atoms with Gasteiger partial charge < -0.3 is 15.4 Å². The summed E-state index contributed by atoms with van der Waals surface area (Å²) in [6, 6.07) is 5.35. The van der Waals surface area contributed by atoms with Gasteiger partial charge in [0.25, 0.3) is 0 Å². The molecule has 0 aliphatic carbocycles. The molecule has 0 fully saturated rings. The van der Waals surface area contributed by atoms with E-state index in [1.54, 1.807) is 19.1 Å². The van der Waals surface area contributed by atoms with Crippen molar-refractivity contribution in [2.24, 2.45) is 5.92 Å². The highest BCUT2D eigenvalue weighted by molar-refractivity contribution is 5.99. The third kappa shape index (κ3) is 3.88. The lowest BCUT2D eigenvalue weighted by Gasteiger charge is -2.26. The molecule has 1 unspecified atom stereocenters. The highest BCUT2D eigenvalue weighted by atomic mass is 16.5. The van der Waals surface area contributed by atoms with Crippen LogP contribution in [0.3, 0.4) is 0 Å². The van der Waals surface area contributed by atoms with Crippen LogP contribution in [0, 0.1) is 5.92 Å². The molecule has 0 spiro atoms. The molecule has 2 N–H and O–H groups in total. The summed E-state index contributed by atoms with van der Waals surface area (Å²) in [5.74, 6) is 0.223. The van der Waals surface area contributed by atoms with E-state index >= 15 is 0 Å². The molecule has 0 saturated carbocycles. The Hall–Kier alpha value is -1.71. The number of carbonyl (C=O) groups is 1. The smallest absolute Gasteiger partial charge is 0.340 e. The van der Waals surface area contributed by atoms with Crippen molar-refractivity contribution in [3.63, 3.8) is 0 Å². The third-order valence-electron chi connectivity index (χ3n) is 3.23. The van der Waals surface area contributed by atoms with E-state index < -0.39 is 0 Å². The van der Waals surface area contributed by atoms with Crippen molar-refractivity contribution in [1.29, 1.82) is 0 Å². The Morgan fingerprint density at radius 1 is 1.42 bits per heavy atom. The van der Waals surface area contributed by atoms with E-state index in [9.17, 15) is 4.79 Å². The number of benzene rings is 1. The molecule has 0 heterocycles. The van der Waals surface area contributed by atoms with Gasteiger partial charge >= 0.3 is 5.97 Å². The third-order valence-corrected chi connectivity index (χ3v) is 3.23. The number of para-hydroxylation sites is 1. The molecule has 0 aliphatic rings. The lowest BCUT2D eigenvalue weighted by atomic mass is 10.1. The van der Waals surface area contributed by atoms with Gasteiger partial charge in [-0.1, -0.05) is 26.3 Å². The number of nitrogens with two attached hydrogens (primary N) is 1. The maximum absolute atomic E-state index is 12.0. The molecule has 1 atom stereocenters. The first-order valence-electron chi connectivity index (χ1n) is 6.77. The zero-order chi connectivity index (χ0) is 14.4. The summed E-state index contributed by atoms with van der Waals surface area (Å²) in [6.07, 6.45) is 1.09. The average Bonchev–Trinajstić information content (AvgIpc) is 2.38. The molecule has 0 aromatic heterocycles. The fourth-order valence-corrected chi connectivity index (χ4v) is 2.05. The van der Waals surface area contributed by atoms with Crippen molar-refractivity contribution in [1.82, 2.24) is 0 Å². The SMILES string of the molecule is CCOC(=O)c1cccc(N)c1N(C)CC(C)CC. The quantitative estimate of drug-likeness (QED) is 0.634. The number of hydrogen-bond acceptors (Lipinski definition) is 4. The number of esters is 1. The minimum absolute atomic E-state index is 0.319. The minimum atomic E-state index is -0.319. The second-order valence-electron chi connectivity index (χ2n) is 4.86. The molecule has 4 heteroatoms. The summed E-state index contributed by atoms with van der Waals surface area (Å²) in [5.41, 5.74) is 7.93. The summed E-state index contributed by atoms with van der Waals surface area (Å²) >= 11 is 0. The predicted molar refractivity (Wildman–Crippen MR) is 79.5 cm³/mol. The van der Waals surface area contributed by atoms with E-state index in [0.29, 0.717) is 23.8 Å². The van der Waals surface area contributed by atoms with Crippen LogP contribution in [0.2, 0.25) is 0 Å². The van der Waals surface area contributed by atoms with Crippen LogP contribution in [-0.4, -0.2) is 26.2 Å². The summed E-state index contributed by atoms with van der Waals surface area (Å²) < 4.78 is 5.08. The van der Waals surface area contributed by atoms with Crippen molar-refractivity contribution >= 4 is 17.3 Å². The van der Waals surface area contributed by atoms with Gasteiger partial charge in [-0.2, -0.15) is 0 Å². The Labute approximate surface area is 115 Å². The Balaban J connectivity index is 3.06. The minimum Gasteiger partial charge on any atom is -0.462 e. The zero-order valence-electron chi connectivity index (χ0n) is 12.3. The number of nitrogens with zero attached hydrogens (tertiary/aromatic N) is 1. The van der Waals surface area contributed by atoms with E-state index in [1.807, 2.05) is 18.0 Å². The second kappa shape index (κ2) is 7.02. The van der Waals surface area contributed by atoms with Gasteiger partial charge in [-0.15, -0.1) is 0 Å². The Bertz CT molecular complexity index is 432. The molecule has 1 rings (SSSR count). The highest BCUT2D eigenvalue weighted by Gasteiger charge is 2.18. The maximum Gasteiger partial charge on any atom is 0.340 e. The van der Waals surface area contributed by atoms with E-state index in [1.165, 1.54) is 0 Å². The van der Waals surface area contributed by atoms with Gasteiger partial charge in [-0.3, -0.25) is 0 Å². The van der Waals surface area contributed by atoms with Crippen molar-refractivity contribution in [3.05, 3.63) is 23.8 Å². The molecule has 0 bridgehead atoms. The van der Waals surface area contributed by atoms with Crippen LogP contribution in [0.1, 0.15) is 37.6 Å². The molecule has 0 aliphatic heterocycles. The summed E-state index contributed by atoms with van der Waals surface area (Å²) in [5, 5.41) is 0. The lowest BCUT2D eigenvalue weighted by molar-refractivity contribution is 0.0527. The molecular weight excluding hydrogens is 240 g/mol. The van der Waals surface area contributed by atoms with Gasteiger partial charge in [-0.05, 0) is 25.0 Å². The predicted octanol–water partition coefficient (Wildman–Crippen LogP) is 2.93. The van der Waals surface area contributed by atoms with Crippen LogP contribution in [0.5, 0.6) is 0 Å². The average molecular weight is 264 g/mol. The van der Waals surface area contributed by atoms with E-state index in [4.69, 9.17) is 10.5 Å². The van der Waals surface area contributed by atoms with Crippen LogP contribution in [-0.2, 0) is 4.74 Å². The molecule has 106 valence electrons.